The normalized spacial score (nSPS) is 13.7. The Hall–Kier alpha value is -1.60. The van der Waals surface area contributed by atoms with E-state index >= 15 is 0 Å². The molecule has 1 aromatic carbocycles. The molecule has 1 rings (SSSR count). The van der Waals surface area contributed by atoms with Crippen LogP contribution in [0.15, 0.2) is 18.2 Å². The predicted octanol–water partition coefficient (Wildman–Crippen LogP) is 2.92. The summed E-state index contributed by atoms with van der Waals surface area (Å²) in [5.74, 6) is 0.444. The van der Waals surface area contributed by atoms with Crippen LogP contribution in [0.2, 0.25) is 0 Å². The monoisotopic (exact) mass is 250 g/mol. The smallest absolute Gasteiger partial charge is 0.126 e. The Morgan fingerprint density at radius 3 is 2.78 bits per heavy atom. The highest BCUT2D eigenvalue weighted by molar-refractivity contribution is 5.28. The van der Waals surface area contributed by atoms with Gasteiger partial charge in [0.1, 0.15) is 17.1 Å². The van der Waals surface area contributed by atoms with Crippen LogP contribution in [0.4, 0.5) is 4.39 Å². The second-order valence-corrected chi connectivity index (χ2v) is 4.75. The summed E-state index contributed by atoms with van der Waals surface area (Å²) in [7, 11) is 0. The van der Waals surface area contributed by atoms with Crippen LogP contribution in [0.3, 0.4) is 0 Å². The van der Waals surface area contributed by atoms with Crippen LogP contribution < -0.4 is 10.5 Å². The first kappa shape index (κ1) is 14.5. The Balaban J connectivity index is 2.26. The number of hydrogen-bond acceptors (Lipinski definition) is 3. The van der Waals surface area contributed by atoms with Crippen molar-refractivity contribution >= 4 is 0 Å². The van der Waals surface area contributed by atoms with Gasteiger partial charge in [0.2, 0.25) is 0 Å². The minimum absolute atomic E-state index is 0.227. The third-order valence-corrected chi connectivity index (χ3v) is 2.74. The molecule has 1 atom stereocenters. The summed E-state index contributed by atoms with van der Waals surface area (Å²) < 4.78 is 18.5. The fourth-order valence-corrected chi connectivity index (χ4v) is 1.55. The minimum Gasteiger partial charge on any atom is -0.494 e. The summed E-state index contributed by atoms with van der Waals surface area (Å²) in [6.45, 7) is 3.97. The van der Waals surface area contributed by atoms with Crippen molar-refractivity contribution < 1.29 is 9.13 Å². The minimum atomic E-state index is -0.757. The van der Waals surface area contributed by atoms with Crippen molar-refractivity contribution in [2.24, 2.45) is 5.73 Å². The molecule has 1 aromatic rings. The average molecular weight is 250 g/mol. The second kappa shape index (κ2) is 6.36. The van der Waals surface area contributed by atoms with E-state index in [4.69, 9.17) is 15.7 Å². The molecule has 0 aromatic heterocycles. The molecule has 0 saturated carbocycles. The lowest BCUT2D eigenvalue weighted by molar-refractivity contribution is 0.300. The van der Waals surface area contributed by atoms with Gasteiger partial charge in [-0.1, -0.05) is 0 Å². The molecule has 0 aliphatic rings. The topological polar surface area (TPSA) is 59.0 Å². The zero-order valence-corrected chi connectivity index (χ0v) is 10.9. The van der Waals surface area contributed by atoms with Crippen LogP contribution in [0.5, 0.6) is 5.75 Å². The molecule has 0 aliphatic heterocycles. The van der Waals surface area contributed by atoms with Gasteiger partial charge in [0.15, 0.2) is 0 Å². The number of aryl methyl sites for hydroxylation is 1. The van der Waals surface area contributed by atoms with E-state index < -0.39 is 5.54 Å². The van der Waals surface area contributed by atoms with Crippen molar-refractivity contribution in [2.45, 2.75) is 38.6 Å². The lowest BCUT2D eigenvalue weighted by Crippen LogP contribution is -2.33. The van der Waals surface area contributed by atoms with Gasteiger partial charge in [-0.3, -0.25) is 0 Å². The van der Waals surface area contributed by atoms with E-state index in [1.165, 1.54) is 6.07 Å². The number of hydrogen-bond donors (Lipinski definition) is 1. The molecular formula is C14H19FN2O. The second-order valence-electron chi connectivity index (χ2n) is 4.75. The quantitative estimate of drug-likeness (QED) is 0.790. The van der Waals surface area contributed by atoms with Crippen molar-refractivity contribution in [2.75, 3.05) is 6.61 Å². The van der Waals surface area contributed by atoms with Crippen molar-refractivity contribution in [3.05, 3.63) is 29.6 Å². The van der Waals surface area contributed by atoms with Gasteiger partial charge >= 0.3 is 0 Å². The van der Waals surface area contributed by atoms with Crippen LogP contribution in [0.25, 0.3) is 0 Å². The molecule has 0 fully saturated rings. The van der Waals surface area contributed by atoms with Gasteiger partial charge in [-0.05, 0) is 56.9 Å². The molecule has 0 spiro atoms. The highest BCUT2D eigenvalue weighted by atomic mass is 19.1. The fourth-order valence-electron chi connectivity index (χ4n) is 1.55. The Labute approximate surface area is 107 Å². The lowest BCUT2D eigenvalue weighted by atomic mass is 9.98. The first-order chi connectivity index (χ1) is 8.44. The third kappa shape index (κ3) is 4.72. The molecule has 0 amide bonds. The molecule has 1 unspecified atom stereocenters. The number of rotatable bonds is 6. The van der Waals surface area contributed by atoms with E-state index in [-0.39, 0.29) is 5.82 Å². The van der Waals surface area contributed by atoms with Crippen molar-refractivity contribution in [3.8, 4) is 11.8 Å². The van der Waals surface area contributed by atoms with E-state index in [2.05, 4.69) is 6.07 Å². The molecule has 98 valence electrons. The lowest BCUT2D eigenvalue weighted by Gasteiger charge is -2.14. The Bertz CT molecular complexity index is 438. The number of nitrogens with two attached hydrogens (primary N) is 1. The summed E-state index contributed by atoms with van der Waals surface area (Å²) in [5.41, 5.74) is 5.52. The maximum atomic E-state index is 13.0. The number of nitrogens with zero attached hydrogens (tertiary/aromatic N) is 1. The van der Waals surface area contributed by atoms with E-state index in [1.54, 1.807) is 26.0 Å². The maximum absolute atomic E-state index is 13.0. The summed E-state index contributed by atoms with van der Waals surface area (Å²) in [4.78, 5) is 0. The van der Waals surface area contributed by atoms with Gasteiger partial charge in [-0.25, -0.2) is 4.39 Å². The summed E-state index contributed by atoms with van der Waals surface area (Å²) in [6, 6.07) is 6.75. The van der Waals surface area contributed by atoms with Crippen LogP contribution in [0, 0.1) is 24.1 Å². The Morgan fingerprint density at radius 2 is 2.17 bits per heavy atom. The molecule has 0 radical (unpaired) electrons. The van der Waals surface area contributed by atoms with Crippen LogP contribution in [-0.2, 0) is 0 Å². The molecule has 0 saturated heterocycles. The summed E-state index contributed by atoms with van der Waals surface area (Å²) in [5, 5.41) is 8.74. The Morgan fingerprint density at radius 1 is 1.44 bits per heavy atom. The molecular weight excluding hydrogens is 231 g/mol. The average Bonchev–Trinajstić information content (AvgIpc) is 2.33. The number of nitriles is 1. The van der Waals surface area contributed by atoms with Crippen molar-refractivity contribution in [3.63, 3.8) is 0 Å². The number of ether oxygens (including phenoxy) is 1. The largest absolute Gasteiger partial charge is 0.494 e. The van der Waals surface area contributed by atoms with Crippen LogP contribution >= 0.6 is 0 Å². The summed E-state index contributed by atoms with van der Waals surface area (Å²) in [6.07, 6.45) is 2.31. The van der Waals surface area contributed by atoms with Gasteiger partial charge in [0.25, 0.3) is 0 Å². The Kier molecular flexibility index (Phi) is 5.11. The van der Waals surface area contributed by atoms with Gasteiger partial charge in [0, 0.05) is 0 Å². The molecule has 0 heterocycles. The maximum Gasteiger partial charge on any atom is 0.126 e. The highest BCUT2D eigenvalue weighted by Gasteiger charge is 2.15. The highest BCUT2D eigenvalue weighted by Crippen LogP contribution is 2.16. The zero-order valence-electron chi connectivity index (χ0n) is 10.9. The van der Waals surface area contributed by atoms with Gasteiger partial charge in [-0.15, -0.1) is 0 Å². The molecule has 0 bridgehead atoms. The number of benzene rings is 1. The number of halogens is 1. The van der Waals surface area contributed by atoms with Crippen molar-refractivity contribution in [1.29, 1.82) is 5.26 Å². The molecule has 2 N–H and O–H groups in total. The fraction of sp³-hybridized carbons (Fsp3) is 0.500. The molecule has 0 aliphatic carbocycles. The van der Waals surface area contributed by atoms with E-state index in [9.17, 15) is 4.39 Å². The molecule has 4 heteroatoms. The first-order valence-corrected chi connectivity index (χ1v) is 6.04. The predicted molar refractivity (Wildman–Crippen MR) is 68.7 cm³/mol. The summed E-state index contributed by atoms with van der Waals surface area (Å²) >= 11 is 0. The van der Waals surface area contributed by atoms with Gasteiger partial charge < -0.3 is 10.5 Å². The van der Waals surface area contributed by atoms with E-state index in [1.807, 2.05) is 0 Å². The third-order valence-electron chi connectivity index (χ3n) is 2.74. The number of unbranched alkanes of at least 4 members (excludes halogenated alkanes) is 1. The standard InChI is InChI=1S/C14H19FN2O/c1-11-9-12(5-6-13(11)15)18-8-4-3-7-14(2,17)10-16/h5-6,9H,3-4,7-8,17H2,1-2H3. The van der Waals surface area contributed by atoms with Crippen molar-refractivity contribution in [1.82, 2.24) is 0 Å². The van der Waals surface area contributed by atoms with Gasteiger partial charge in [-0.2, -0.15) is 5.26 Å². The van der Waals surface area contributed by atoms with Gasteiger partial charge in [0.05, 0.1) is 12.7 Å². The molecule has 3 nitrogen and oxygen atoms in total. The SMILES string of the molecule is Cc1cc(OCCCCC(C)(N)C#N)ccc1F. The van der Waals surface area contributed by atoms with Crippen LogP contribution in [-0.4, -0.2) is 12.1 Å². The first-order valence-electron chi connectivity index (χ1n) is 6.04. The van der Waals surface area contributed by atoms with E-state index in [0.29, 0.717) is 24.3 Å². The molecule has 18 heavy (non-hydrogen) atoms. The van der Waals surface area contributed by atoms with E-state index in [0.717, 1.165) is 12.8 Å². The van der Waals surface area contributed by atoms with Crippen LogP contribution in [0.1, 0.15) is 31.7 Å². The zero-order chi connectivity index (χ0) is 13.6.